The van der Waals surface area contributed by atoms with Crippen LogP contribution in [0, 0.1) is 18.3 Å². The normalized spacial score (nSPS) is 14.4. The second-order valence-electron chi connectivity index (χ2n) is 3.09. The summed E-state index contributed by atoms with van der Waals surface area (Å²) < 4.78 is 11.8. The molecule has 3 nitrogen and oxygen atoms in total. The minimum atomic E-state index is -1.29. The number of hydrogen-bond acceptors (Lipinski definition) is 3. The van der Waals surface area contributed by atoms with Gasteiger partial charge in [-0.1, -0.05) is 6.07 Å². The molecule has 2 unspecified atom stereocenters. The maximum atomic E-state index is 11.8. The van der Waals surface area contributed by atoms with Gasteiger partial charge in [-0.2, -0.15) is 5.26 Å². The predicted octanol–water partition coefficient (Wildman–Crippen LogP) is 1.60. The molecule has 0 radical (unpaired) electrons. The Bertz CT molecular complexity index is 409. The van der Waals surface area contributed by atoms with E-state index in [-0.39, 0.29) is 0 Å². The highest BCUT2D eigenvalue weighted by atomic mass is 32.2. The van der Waals surface area contributed by atoms with Gasteiger partial charge in [0.25, 0.3) is 0 Å². The number of aryl methyl sites for hydroxylation is 1. The molecular weight excluding hydrogens is 196 g/mol. The Morgan fingerprint density at radius 1 is 1.57 bits per heavy atom. The average Bonchev–Trinajstić information content (AvgIpc) is 2.19. The number of benzene rings is 1. The summed E-state index contributed by atoms with van der Waals surface area (Å²) in [4.78, 5) is 0.652. The lowest BCUT2D eigenvalue weighted by atomic mass is 10.2. The summed E-state index contributed by atoms with van der Waals surface area (Å²) in [6.45, 7) is 3.50. The smallest absolute Gasteiger partial charge is 0.123 e. The number of nitriles is 1. The Morgan fingerprint density at radius 3 is 2.79 bits per heavy atom. The first-order valence-electron chi connectivity index (χ1n) is 4.22. The van der Waals surface area contributed by atoms with Crippen LogP contribution < -0.4 is 5.73 Å². The third-order valence-corrected chi connectivity index (χ3v) is 3.55. The summed E-state index contributed by atoms with van der Waals surface area (Å²) in [5.74, 6) is 0. The van der Waals surface area contributed by atoms with E-state index in [1.54, 1.807) is 19.1 Å². The quantitative estimate of drug-likeness (QED) is 0.750. The van der Waals surface area contributed by atoms with Crippen molar-refractivity contribution in [2.75, 3.05) is 5.73 Å². The number of nitrogen functional groups attached to an aromatic ring is 1. The molecule has 1 rings (SSSR count). The summed E-state index contributed by atoms with van der Waals surface area (Å²) in [5.41, 5.74) is 7.07. The van der Waals surface area contributed by atoms with Gasteiger partial charge in [-0.15, -0.1) is 0 Å². The Kier molecular flexibility index (Phi) is 3.26. The van der Waals surface area contributed by atoms with Crippen molar-refractivity contribution in [3.63, 3.8) is 0 Å². The van der Waals surface area contributed by atoms with Gasteiger partial charge in [-0.25, -0.2) is 0 Å². The lowest BCUT2D eigenvalue weighted by Crippen LogP contribution is -2.09. The number of anilines is 1. The molecule has 0 spiro atoms. The van der Waals surface area contributed by atoms with Crippen LogP contribution in [0.25, 0.3) is 0 Å². The fraction of sp³-hybridized carbons (Fsp3) is 0.300. The molecule has 1 aromatic rings. The van der Waals surface area contributed by atoms with Crippen molar-refractivity contribution < 1.29 is 4.21 Å². The van der Waals surface area contributed by atoms with Gasteiger partial charge in [0.1, 0.15) is 5.25 Å². The van der Waals surface area contributed by atoms with E-state index in [1.165, 1.54) is 0 Å². The Hall–Kier alpha value is -1.34. The Morgan fingerprint density at radius 2 is 2.21 bits per heavy atom. The highest BCUT2D eigenvalue weighted by molar-refractivity contribution is 7.86. The summed E-state index contributed by atoms with van der Waals surface area (Å²) in [7, 11) is -1.29. The molecule has 2 N–H and O–H groups in total. The fourth-order valence-corrected chi connectivity index (χ4v) is 2.19. The van der Waals surface area contributed by atoms with Crippen LogP contribution in [-0.4, -0.2) is 9.46 Å². The van der Waals surface area contributed by atoms with Crippen molar-refractivity contribution >= 4 is 16.5 Å². The molecule has 0 saturated heterocycles. The van der Waals surface area contributed by atoms with Gasteiger partial charge in [0.15, 0.2) is 0 Å². The third kappa shape index (κ3) is 2.12. The molecule has 0 aliphatic heterocycles. The van der Waals surface area contributed by atoms with Crippen molar-refractivity contribution in [2.24, 2.45) is 0 Å². The number of rotatable bonds is 2. The first-order chi connectivity index (χ1) is 6.56. The van der Waals surface area contributed by atoms with Crippen molar-refractivity contribution in [2.45, 2.75) is 24.0 Å². The average molecular weight is 208 g/mol. The van der Waals surface area contributed by atoms with Crippen LogP contribution in [0.4, 0.5) is 5.69 Å². The zero-order chi connectivity index (χ0) is 10.7. The van der Waals surface area contributed by atoms with E-state index in [9.17, 15) is 4.21 Å². The predicted molar refractivity (Wildman–Crippen MR) is 57.1 cm³/mol. The third-order valence-electron chi connectivity index (χ3n) is 1.93. The molecule has 0 fully saturated rings. The van der Waals surface area contributed by atoms with E-state index in [4.69, 9.17) is 11.0 Å². The van der Waals surface area contributed by atoms with Crippen molar-refractivity contribution in [1.29, 1.82) is 5.26 Å². The molecule has 0 aliphatic carbocycles. The summed E-state index contributed by atoms with van der Waals surface area (Å²) in [6.07, 6.45) is 0. The van der Waals surface area contributed by atoms with E-state index >= 15 is 0 Å². The van der Waals surface area contributed by atoms with Gasteiger partial charge in [-0.3, -0.25) is 4.21 Å². The largest absolute Gasteiger partial charge is 0.399 e. The van der Waals surface area contributed by atoms with Crippen molar-refractivity contribution in [1.82, 2.24) is 0 Å². The summed E-state index contributed by atoms with van der Waals surface area (Å²) >= 11 is 0. The van der Waals surface area contributed by atoms with Gasteiger partial charge in [0.05, 0.1) is 16.9 Å². The van der Waals surface area contributed by atoms with Gasteiger partial charge in [0, 0.05) is 10.6 Å². The van der Waals surface area contributed by atoms with Crippen LogP contribution >= 0.6 is 0 Å². The number of nitrogens with zero attached hydrogens (tertiary/aromatic N) is 1. The van der Waals surface area contributed by atoms with E-state index in [2.05, 4.69) is 0 Å². The second-order valence-corrected chi connectivity index (χ2v) is 4.84. The minimum Gasteiger partial charge on any atom is -0.399 e. The minimum absolute atomic E-state index is 0.504. The SMILES string of the molecule is Cc1ccc(N)cc1S(=O)C(C)C#N. The Labute approximate surface area is 86.0 Å². The lowest BCUT2D eigenvalue weighted by Gasteiger charge is -2.07. The molecule has 0 aromatic heterocycles. The molecule has 14 heavy (non-hydrogen) atoms. The van der Waals surface area contributed by atoms with E-state index in [0.29, 0.717) is 10.6 Å². The van der Waals surface area contributed by atoms with Crippen LogP contribution in [-0.2, 0) is 10.8 Å². The topological polar surface area (TPSA) is 66.9 Å². The van der Waals surface area contributed by atoms with Crippen LogP contribution in [0.15, 0.2) is 23.1 Å². The van der Waals surface area contributed by atoms with Gasteiger partial charge in [0.2, 0.25) is 0 Å². The van der Waals surface area contributed by atoms with Crippen LogP contribution in [0.1, 0.15) is 12.5 Å². The highest BCUT2D eigenvalue weighted by Crippen LogP contribution is 2.19. The molecule has 0 saturated carbocycles. The van der Waals surface area contributed by atoms with Gasteiger partial charge < -0.3 is 5.73 Å². The molecule has 4 heteroatoms. The first-order valence-corrected chi connectivity index (χ1v) is 5.44. The fourth-order valence-electron chi connectivity index (χ4n) is 1.07. The van der Waals surface area contributed by atoms with E-state index < -0.39 is 16.0 Å². The molecule has 1 aromatic carbocycles. The van der Waals surface area contributed by atoms with Crippen LogP contribution in [0.2, 0.25) is 0 Å². The van der Waals surface area contributed by atoms with E-state index in [1.807, 2.05) is 19.1 Å². The molecule has 0 bridgehead atoms. The molecule has 2 atom stereocenters. The molecule has 74 valence electrons. The first kappa shape index (κ1) is 10.7. The molecule has 0 heterocycles. The monoisotopic (exact) mass is 208 g/mol. The summed E-state index contributed by atoms with van der Waals surface area (Å²) in [6, 6.07) is 7.20. The maximum absolute atomic E-state index is 11.8. The zero-order valence-corrected chi connectivity index (χ0v) is 8.97. The second kappa shape index (κ2) is 4.25. The summed E-state index contributed by atoms with van der Waals surface area (Å²) in [5, 5.41) is 8.15. The lowest BCUT2D eigenvalue weighted by molar-refractivity contribution is 0.679. The van der Waals surface area contributed by atoms with Crippen LogP contribution in [0.5, 0.6) is 0 Å². The highest BCUT2D eigenvalue weighted by Gasteiger charge is 2.14. The number of nitrogens with two attached hydrogens (primary N) is 1. The van der Waals surface area contributed by atoms with Crippen molar-refractivity contribution in [3.05, 3.63) is 23.8 Å². The molecule has 0 amide bonds. The molecular formula is C10H12N2OS. The standard InChI is InChI=1S/C10H12N2OS/c1-7-3-4-9(12)5-10(7)14(13)8(2)6-11/h3-5,8H,12H2,1-2H3. The van der Waals surface area contributed by atoms with Crippen LogP contribution in [0.3, 0.4) is 0 Å². The molecule has 0 aliphatic rings. The zero-order valence-electron chi connectivity index (χ0n) is 8.15. The van der Waals surface area contributed by atoms with Gasteiger partial charge >= 0.3 is 0 Å². The Balaban J connectivity index is 3.14. The number of hydrogen-bond donors (Lipinski definition) is 1. The van der Waals surface area contributed by atoms with E-state index in [0.717, 1.165) is 5.56 Å². The van der Waals surface area contributed by atoms with Gasteiger partial charge in [-0.05, 0) is 31.5 Å². The maximum Gasteiger partial charge on any atom is 0.123 e. The van der Waals surface area contributed by atoms with Crippen molar-refractivity contribution in [3.8, 4) is 6.07 Å².